The van der Waals surface area contributed by atoms with E-state index in [1.54, 1.807) is 18.2 Å². The maximum absolute atomic E-state index is 11.0. The fourth-order valence-electron chi connectivity index (χ4n) is 0.904. The van der Waals surface area contributed by atoms with Gasteiger partial charge in [0.1, 0.15) is 5.75 Å². The molecule has 0 N–H and O–H groups in total. The number of ether oxygens (including phenoxy) is 2. The van der Waals surface area contributed by atoms with Crippen LogP contribution < -0.4 is 4.74 Å². The molecular formula is C10H11O3. The van der Waals surface area contributed by atoms with Gasteiger partial charge in [-0.15, -0.1) is 0 Å². The van der Waals surface area contributed by atoms with Gasteiger partial charge in [0.25, 0.3) is 0 Å². The molecule has 0 bridgehead atoms. The van der Waals surface area contributed by atoms with Gasteiger partial charge in [-0.2, -0.15) is 0 Å². The van der Waals surface area contributed by atoms with Crippen molar-refractivity contribution in [3.63, 3.8) is 0 Å². The fraction of sp³-hybridized carbons (Fsp3) is 0.300. The van der Waals surface area contributed by atoms with Crippen molar-refractivity contribution in [2.24, 2.45) is 0 Å². The number of rotatable bonds is 3. The Balaban J connectivity index is 2.75. The zero-order valence-electron chi connectivity index (χ0n) is 7.66. The lowest BCUT2D eigenvalue weighted by molar-refractivity contribution is 0.0600. The van der Waals surface area contributed by atoms with Gasteiger partial charge in [-0.25, -0.2) is 4.79 Å². The zero-order valence-corrected chi connectivity index (χ0v) is 7.66. The molecule has 0 aliphatic carbocycles. The third kappa shape index (κ3) is 2.47. The predicted molar refractivity (Wildman–Crippen MR) is 47.8 cm³/mol. The maximum atomic E-state index is 11.0. The second-order valence-corrected chi connectivity index (χ2v) is 2.36. The number of benzene rings is 1. The number of methoxy groups -OCH3 is 1. The number of esters is 1. The highest BCUT2D eigenvalue weighted by Gasteiger charge is 2.04. The van der Waals surface area contributed by atoms with E-state index in [9.17, 15) is 4.79 Å². The largest absolute Gasteiger partial charge is 0.494 e. The van der Waals surface area contributed by atoms with Crippen molar-refractivity contribution in [2.75, 3.05) is 13.7 Å². The van der Waals surface area contributed by atoms with Crippen molar-refractivity contribution in [1.82, 2.24) is 0 Å². The van der Waals surface area contributed by atoms with Gasteiger partial charge in [-0.05, 0) is 25.1 Å². The van der Waals surface area contributed by atoms with E-state index in [1.807, 2.05) is 6.92 Å². The number of carbonyl (C=O) groups is 1. The third-order valence-corrected chi connectivity index (χ3v) is 1.50. The maximum Gasteiger partial charge on any atom is 0.338 e. The Morgan fingerprint density at radius 1 is 1.54 bits per heavy atom. The van der Waals surface area contributed by atoms with Gasteiger partial charge in [-0.1, -0.05) is 0 Å². The molecule has 3 heteroatoms. The Morgan fingerprint density at radius 2 is 2.31 bits per heavy atom. The first-order chi connectivity index (χ1) is 6.27. The topological polar surface area (TPSA) is 35.5 Å². The summed E-state index contributed by atoms with van der Waals surface area (Å²) in [6.45, 7) is 2.50. The minimum absolute atomic E-state index is 0.386. The second-order valence-electron chi connectivity index (χ2n) is 2.36. The van der Waals surface area contributed by atoms with E-state index in [2.05, 4.69) is 10.8 Å². The Kier molecular flexibility index (Phi) is 3.31. The van der Waals surface area contributed by atoms with Gasteiger partial charge in [0.05, 0.1) is 19.3 Å². The number of hydrogen-bond donors (Lipinski definition) is 0. The van der Waals surface area contributed by atoms with Crippen LogP contribution in [-0.2, 0) is 4.74 Å². The Labute approximate surface area is 77.3 Å². The lowest BCUT2D eigenvalue weighted by atomic mass is 10.2. The van der Waals surface area contributed by atoms with Gasteiger partial charge >= 0.3 is 5.97 Å². The van der Waals surface area contributed by atoms with Crippen LogP contribution >= 0.6 is 0 Å². The van der Waals surface area contributed by atoms with Crippen molar-refractivity contribution < 1.29 is 14.3 Å². The average Bonchev–Trinajstić information content (AvgIpc) is 2.18. The summed E-state index contributed by atoms with van der Waals surface area (Å²) in [7, 11) is 1.34. The highest BCUT2D eigenvalue weighted by molar-refractivity contribution is 5.89. The molecule has 0 heterocycles. The molecule has 0 aliphatic rings. The van der Waals surface area contributed by atoms with E-state index in [1.165, 1.54) is 7.11 Å². The van der Waals surface area contributed by atoms with E-state index < -0.39 is 0 Å². The molecule has 1 aromatic rings. The van der Waals surface area contributed by atoms with E-state index in [0.29, 0.717) is 17.9 Å². The summed E-state index contributed by atoms with van der Waals surface area (Å²) >= 11 is 0. The van der Waals surface area contributed by atoms with Gasteiger partial charge in [0.2, 0.25) is 0 Å². The molecular weight excluding hydrogens is 168 g/mol. The Morgan fingerprint density at radius 3 is 2.77 bits per heavy atom. The van der Waals surface area contributed by atoms with Crippen LogP contribution in [-0.4, -0.2) is 19.7 Å². The summed E-state index contributed by atoms with van der Waals surface area (Å²) in [6.07, 6.45) is 0. The van der Waals surface area contributed by atoms with E-state index in [-0.39, 0.29) is 5.97 Å². The molecule has 0 aromatic heterocycles. The molecule has 0 atom stereocenters. The smallest absolute Gasteiger partial charge is 0.338 e. The predicted octanol–water partition coefficient (Wildman–Crippen LogP) is 1.67. The third-order valence-electron chi connectivity index (χ3n) is 1.50. The molecule has 0 unspecified atom stereocenters. The van der Waals surface area contributed by atoms with Crippen LogP contribution in [0.2, 0.25) is 0 Å². The highest BCUT2D eigenvalue weighted by Crippen LogP contribution is 2.11. The summed E-state index contributed by atoms with van der Waals surface area (Å²) in [6, 6.07) is 7.73. The van der Waals surface area contributed by atoms with Crippen molar-refractivity contribution in [3.8, 4) is 5.75 Å². The molecule has 1 aromatic carbocycles. The van der Waals surface area contributed by atoms with E-state index in [4.69, 9.17) is 4.74 Å². The minimum atomic E-state index is -0.386. The highest BCUT2D eigenvalue weighted by atomic mass is 16.5. The molecule has 0 fully saturated rings. The fourth-order valence-corrected chi connectivity index (χ4v) is 0.904. The summed E-state index contributed by atoms with van der Waals surface area (Å²) in [5.41, 5.74) is 0.408. The zero-order chi connectivity index (χ0) is 9.68. The molecule has 0 amide bonds. The van der Waals surface area contributed by atoms with Crippen LogP contribution in [0.5, 0.6) is 5.75 Å². The van der Waals surface area contributed by atoms with Gasteiger partial charge in [-0.3, -0.25) is 0 Å². The summed E-state index contributed by atoms with van der Waals surface area (Å²) < 4.78 is 9.72. The van der Waals surface area contributed by atoms with Crippen LogP contribution in [0, 0.1) is 6.07 Å². The monoisotopic (exact) mass is 179 g/mol. The van der Waals surface area contributed by atoms with Crippen molar-refractivity contribution in [2.45, 2.75) is 6.92 Å². The first-order valence-electron chi connectivity index (χ1n) is 4.00. The second kappa shape index (κ2) is 4.50. The Bertz CT molecular complexity index is 277. The molecule has 0 saturated carbocycles. The van der Waals surface area contributed by atoms with E-state index in [0.717, 1.165) is 0 Å². The summed E-state index contributed by atoms with van der Waals surface area (Å²) in [5.74, 6) is 0.318. The molecule has 0 saturated heterocycles. The van der Waals surface area contributed by atoms with E-state index >= 15 is 0 Å². The SMILES string of the molecule is CCOc1c[c]c(C(=O)OC)cc1. The van der Waals surface area contributed by atoms with Crippen molar-refractivity contribution in [1.29, 1.82) is 0 Å². The molecule has 0 aliphatic heterocycles. The molecule has 0 spiro atoms. The number of carbonyl (C=O) groups excluding carboxylic acids is 1. The molecule has 1 rings (SSSR count). The van der Waals surface area contributed by atoms with Crippen LogP contribution in [0.25, 0.3) is 0 Å². The Hall–Kier alpha value is -1.51. The molecule has 1 radical (unpaired) electrons. The lowest BCUT2D eigenvalue weighted by Crippen LogP contribution is -2.01. The molecule has 69 valence electrons. The minimum Gasteiger partial charge on any atom is -0.494 e. The summed E-state index contributed by atoms with van der Waals surface area (Å²) in [5, 5.41) is 0. The summed E-state index contributed by atoms with van der Waals surface area (Å²) in [4.78, 5) is 11.0. The average molecular weight is 179 g/mol. The van der Waals surface area contributed by atoms with Crippen molar-refractivity contribution >= 4 is 5.97 Å². The van der Waals surface area contributed by atoms with Gasteiger partial charge < -0.3 is 9.47 Å². The van der Waals surface area contributed by atoms with Crippen LogP contribution in [0.4, 0.5) is 0 Å². The lowest BCUT2D eigenvalue weighted by Gasteiger charge is -2.02. The van der Waals surface area contributed by atoms with Crippen molar-refractivity contribution in [3.05, 3.63) is 29.8 Å². The first kappa shape index (κ1) is 9.58. The van der Waals surface area contributed by atoms with Gasteiger partial charge in [0, 0.05) is 6.07 Å². The van der Waals surface area contributed by atoms with Gasteiger partial charge in [0.15, 0.2) is 0 Å². The molecule has 13 heavy (non-hydrogen) atoms. The normalized spacial score (nSPS) is 9.38. The quantitative estimate of drug-likeness (QED) is 0.662. The van der Waals surface area contributed by atoms with Crippen LogP contribution in [0.3, 0.4) is 0 Å². The number of hydrogen-bond acceptors (Lipinski definition) is 3. The van der Waals surface area contributed by atoms with Crippen LogP contribution in [0.1, 0.15) is 17.3 Å². The first-order valence-corrected chi connectivity index (χ1v) is 4.00. The standard InChI is InChI=1S/C10H11O3/c1-3-13-9-6-4-8(5-7-9)10(11)12-2/h4,6-7H,3H2,1-2H3. The van der Waals surface area contributed by atoms with Crippen LogP contribution in [0.15, 0.2) is 18.2 Å². The molecule has 3 nitrogen and oxygen atoms in total.